The van der Waals surface area contributed by atoms with Crippen LogP contribution in [0.15, 0.2) is 41.5 Å². The molecule has 2 aromatic rings. The molecule has 0 aliphatic heterocycles. The van der Waals surface area contributed by atoms with E-state index in [4.69, 9.17) is 21.1 Å². The number of ether oxygens (including phenoxy) is 2. The number of nitrogens with two attached hydrogens (primary N) is 2. The fourth-order valence-electron chi connectivity index (χ4n) is 2.49. The van der Waals surface area contributed by atoms with E-state index in [-0.39, 0.29) is 17.4 Å². The van der Waals surface area contributed by atoms with E-state index < -0.39 is 0 Å². The van der Waals surface area contributed by atoms with Gasteiger partial charge in [-0.25, -0.2) is 0 Å². The van der Waals surface area contributed by atoms with E-state index in [1.165, 1.54) is 6.92 Å². The Bertz CT molecular complexity index is 817. The number of rotatable bonds is 9. The van der Waals surface area contributed by atoms with Crippen molar-refractivity contribution in [3.8, 4) is 17.2 Å². The van der Waals surface area contributed by atoms with Crippen LogP contribution in [-0.2, 0) is 0 Å². The molecule has 27 heavy (non-hydrogen) atoms. The summed E-state index contributed by atoms with van der Waals surface area (Å²) in [4.78, 5) is 11.4. The fourth-order valence-corrected chi connectivity index (χ4v) is 2.49. The highest BCUT2D eigenvalue weighted by Gasteiger charge is 2.12. The first-order chi connectivity index (χ1) is 12.9. The van der Waals surface area contributed by atoms with Crippen molar-refractivity contribution >= 4 is 11.6 Å². The molecule has 5 N–H and O–H groups in total. The lowest BCUT2D eigenvalue weighted by molar-refractivity contribution is 0.101. The van der Waals surface area contributed by atoms with Crippen LogP contribution in [0.25, 0.3) is 0 Å². The molecule has 0 aliphatic carbocycles. The molecule has 0 heterocycles. The van der Waals surface area contributed by atoms with Gasteiger partial charge in [0.15, 0.2) is 5.78 Å². The smallest absolute Gasteiger partial charge is 0.163 e. The molecule has 7 heteroatoms. The van der Waals surface area contributed by atoms with Gasteiger partial charge in [-0.15, -0.1) is 0 Å². The van der Waals surface area contributed by atoms with Crippen molar-refractivity contribution in [2.45, 2.75) is 26.7 Å². The first-order valence-electron chi connectivity index (χ1n) is 8.67. The molecule has 0 saturated carbocycles. The summed E-state index contributed by atoms with van der Waals surface area (Å²) >= 11 is 0. The van der Waals surface area contributed by atoms with Gasteiger partial charge in [-0.1, -0.05) is 0 Å². The number of carbonyl (C=O) groups excluding carboxylic acids is 1. The Balaban J connectivity index is 1.73. The largest absolute Gasteiger partial charge is 0.507 e. The van der Waals surface area contributed by atoms with Gasteiger partial charge < -0.3 is 26.2 Å². The molecule has 0 aromatic heterocycles. The van der Waals surface area contributed by atoms with Crippen LogP contribution in [-0.4, -0.2) is 29.9 Å². The summed E-state index contributed by atoms with van der Waals surface area (Å²) in [5.74, 6) is 6.54. The summed E-state index contributed by atoms with van der Waals surface area (Å²) in [6.07, 6.45) is 1.60. The van der Waals surface area contributed by atoms with Crippen LogP contribution in [0.4, 0.5) is 0 Å². The number of carbonyl (C=O) groups is 1. The molecule has 0 saturated heterocycles. The summed E-state index contributed by atoms with van der Waals surface area (Å²) in [6.45, 7) is 4.19. The highest BCUT2D eigenvalue weighted by Crippen LogP contribution is 2.30. The molecular formula is C20H25N3O4. The van der Waals surface area contributed by atoms with Gasteiger partial charge in [-0.05, 0) is 63.1 Å². The number of ketones is 1. The van der Waals surface area contributed by atoms with Crippen LogP contribution < -0.4 is 21.1 Å². The Morgan fingerprint density at radius 1 is 1.07 bits per heavy atom. The zero-order valence-corrected chi connectivity index (χ0v) is 15.6. The average molecular weight is 371 g/mol. The van der Waals surface area contributed by atoms with E-state index >= 15 is 0 Å². The zero-order valence-electron chi connectivity index (χ0n) is 15.6. The molecule has 2 aromatic carbocycles. The Morgan fingerprint density at radius 3 is 2.30 bits per heavy atom. The Morgan fingerprint density at radius 2 is 1.70 bits per heavy atom. The van der Waals surface area contributed by atoms with Gasteiger partial charge in [0.1, 0.15) is 23.1 Å². The van der Waals surface area contributed by atoms with Gasteiger partial charge in [0, 0.05) is 11.1 Å². The second-order valence-electron chi connectivity index (χ2n) is 6.08. The summed E-state index contributed by atoms with van der Waals surface area (Å²) in [7, 11) is 0. The molecule has 144 valence electrons. The third-order valence-corrected chi connectivity index (χ3v) is 4.11. The molecule has 0 atom stereocenters. The molecule has 7 nitrogen and oxygen atoms in total. The number of nitrogens with zero attached hydrogens (tertiary/aromatic N) is 1. The van der Waals surface area contributed by atoms with Crippen molar-refractivity contribution in [2.24, 2.45) is 16.7 Å². The predicted octanol–water partition coefficient (Wildman–Crippen LogP) is 2.72. The number of amidine groups is 1. The molecule has 0 aliphatic rings. The third kappa shape index (κ3) is 5.37. The standard InChI is InChI=1S/C20H25N3O4/c1-13-18(10-9-17(14(2)24)19(13)25)27-12-4-3-11-26-16-7-5-15(6-8-16)20(21)23-22/h5-10,25H,3-4,11-12,22H2,1-2H3,(H2,21,23). The van der Waals surface area contributed by atoms with Gasteiger partial charge in [-0.3, -0.25) is 4.79 Å². The van der Waals surface area contributed by atoms with E-state index in [0.717, 1.165) is 24.2 Å². The Hall–Kier alpha value is -3.22. The minimum atomic E-state index is -0.176. The monoisotopic (exact) mass is 371 g/mol. The summed E-state index contributed by atoms with van der Waals surface area (Å²) < 4.78 is 11.4. The van der Waals surface area contributed by atoms with Crippen LogP contribution in [0, 0.1) is 6.92 Å². The fraction of sp³-hybridized carbons (Fsp3) is 0.300. The van der Waals surface area contributed by atoms with Gasteiger partial charge in [0.05, 0.1) is 18.8 Å². The minimum absolute atomic E-state index is 0.0212. The van der Waals surface area contributed by atoms with Crippen LogP contribution in [0.2, 0.25) is 0 Å². The number of benzene rings is 2. The number of hydrazone groups is 1. The van der Waals surface area contributed by atoms with Crippen LogP contribution in [0.1, 0.15) is 41.3 Å². The Labute approximate surface area is 158 Å². The first kappa shape index (κ1) is 20.1. The lowest BCUT2D eigenvalue weighted by Gasteiger charge is -2.12. The third-order valence-electron chi connectivity index (χ3n) is 4.11. The van der Waals surface area contributed by atoms with E-state index in [0.29, 0.717) is 30.1 Å². The summed E-state index contributed by atoms with van der Waals surface area (Å²) in [6, 6.07) is 10.5. The van der Waals surface area contributed by atoms with E-state index in [2.05, 4.69) is 5.10 Å². The van der Waals surface area contributed by atoms with Crippen LogP contribution in [0.3, 0.4) is 0 Å². The Kier molecular flexibility index (Phi) is 7.05. The molecule has 0 fully saturated rings. The molecule has 2 rings (SSSR count). The molecule has 0 amide bonds. The molecule has 0 spiro atoms. The number of hydrogen-bond donors (Lipinski definition) is 3. The lowest BCUT2D eigenvalue weighted by Crippen LogP contribution is -2.15. The molecule has 0 unspecified atom stereocenters. The number of phenolic OH excluding ortho intramolecular Hbond substituents is 1. The quantitative estimate of drug-likeness (QED) is 0.156. The highest BCUT2D eigenvalue weighted by molar-refractivity contribution is 5.97. The first-order valence-corrected chi connectivity index (χ1v) is 8.67. The van der Waals surface area contributed by atoms with Crippen molar-refractivity contribution in [3.05, 3.63) is 53.1 Å². The molecule has 0 radical (unpaired) electrons. The van der Waals surface area contributed by atoms with Gasteiger partial charge in [-0.2, -0.15) is 5.10 Å². The number of Topliss-reactive ketones (excluding diaryl/α,β-unsaturated/α-hetero) is 1. The summed E-state index contributed by atoms with van der Waals surface area (Å²) in [5, 5.41) is 13.5. The number of aromatic hydroxyl groups is 1. The van der Waals surface area contributed by atoms with Gasteiger partial charge in [0.25, 0.3) is 0 Å². The maximum atomic E-state index is 11.4. The minimum Gasteiger partial charge on any atom is -0.507 e. The van der Waals surface area contributed by atoms with Crippen molar-refractivity contribution in [2.75, 3.05) is 13.2 Å². The number of phenols is 1. The second kappa shape index (κ2) is 9.47. The highest BCUT2D eigenvalue weighted by atomic mass is 16.5. The lowest BCUT2D eigenvalue weighted by atomic mass is 10.1. The van der Waals surface area contributed by atoms with Crippen molar-refractivity contribution in [1.82, 2.24) is 0 Å². The van der Waals surface area contributed by atoms with E-state index in [1.54, 1.807) is 31.2 Å². The van der Waals surface area contributed by atoms with Crippen molar-refractivity contribution in [3.63, 3.8) is 0 Å². The van der Waals surface area contributed by atoms with Crippen LogP contribution in [0.5, 0.6) is 17.2 Å². The topological polar surface area (TPSA) is 120 Å². The summed E-state index contributed by atoms with van der Waals surface area (Å²) in [5.41, 5.74) is 7.24. The maximum Gasteiger partial charge on any atom is 0.163 e. The van der Waals surface area contributed by atoms with Gasteiger partial charge in [0.2, 0.25) is 0 Å². The maximum absolute atomic E-state index is 11.4. The van der Waals surface area contributed by atoms with Gasteiger partial charge >= 0.3 is 0 Å². The zero-order chi connectivity index (χ0) is 19.8. The van der Waals surface area contributed by atoms with Crippen molar-refractivity contribution in [1.29, 1.82) is 0 Å². The number of unbranched alkanes of at least 4 members (excludes halogenated alkanes) is 1. The van der Waals surface area contributed by atoms with Crippen LogP contribution >= 0.6 is 0 Å². The normalized spacial score (nSPS) is 11.3. The number of hydrogen-bond acceptors (Lipinski definition) is 6. The second-order valence-corrected chi connectivity index (χ2v) is 6.08. The SMILES string of the molecule is CC(=O)c1ccc(OCCCCOc2ccc(/C(N)=N/N)cc2)c(C)c1O. The predicted molar refractivity (Wildman–Crippen MR) is 104 cm³/mol. The van der Waals surface area contributed by atoms with E-state index in [9.17, 15) is 9.90 Å². The molecular weight excluding hydrogens is 346 g/mol. The molecule has 0 bridgehead atoms. The van der Waals surface area contributed by atoms with Crippen molar-refractivity contribution < 1.29 is 19.4 Å². The van der Waals surface area contributed by atoms with E-state index in [1.807, 2.05) is 12.1 Å². The average Bonchev–Trinajstić information content (AvgIpc) is 2.67.